The lowest BCUT2D eigenvalue weighted by Gasteiger charge is -2.39. The van der Waals surface area contributed by atoms with Gasteiger partial charge < -0.3 is 21.1 Å². The highest BCUT2D eigenvalue weighted by atomic mass is 32.1. The minimum atomic E-state index is -0.977. The van der Waals surface area contributed by atoms with Crippen molar-refractivity contribution in [1.29, 1.82) is 0 Å². The minimum Gasteiger partial charge on any atom is -0.386 e. The molecular weight excluding hydrogens is 617 g/mol. The Morgan fingerprint density at radius 1 is 1.17 bits per heavy atom. The number of ketones is 1. The van der Waals surface area contributed by atoms with E-state index in [2.05, 4.69) is 22.1 Å². The number of piperidine rings is 1. The molecule has 1 aliphatic rings. The number of likely N-dealkylation sites (N-methyl/N-ethyl adjacent to an activating group) is 1. The van der Waals surface area contributed by atoms with E-state index in [0.717, 1.165) is 37.8 Å². The number of aliphatic hydroxyl groups excluding tert-OH is 1. The fourth-order valence-corrected chi connectivity index (χ4v) is 7.44. The zero-order valence-electron chi connectivity index (χ0n) is 29.1. The zero-order chi connectivity index (χ0) is 34.7. The van der Waals surface area contributed by atoms with Crippen LogP contribution >= 0.6 is 11.3 Å². The molecule has 11 heteroatoms. The van der Waals surface area contributed by atoms with Crippen LogP contribution in [0.1, 0.15) is 107 Å². The number of hydrogen-bond acceptors (Lipinski definition) is 8. The van der Waals surface area contributed by atoms with Gasteiger partial charge in [-0.2, -0.15) is 0 Å². The van der Waals surface area contributed by atoms with Crippen molar-refractivity contribution in [1.82, 2.24) is 20.1 Å². The molecule has 1 aromatic heterocycles. The Morgan fingerprint density at radius 3 is 2.47 bits per heavy atom. The molecule has 4 N–H and O–H groups in total. The van der Waals surface area contributed by atoms with Crippen molar-refractivity contribution in [2.24, 2.45) is 23.5 Å². The summed E-state index contributed by atoms with van der Waals surface area (Å²) in [6.45, 7) is 11.9. The van der Waals surface area contributed by atoms with Crippen LogP contribution in [0, 0.1) is 23.6 Å². The number of Topliss-reactive ketones (excluding diaryl/α,β-unsaturated/α-hetero) is 1. The molecule has 2 heterocycles. The smallest absolute Gasteiger partial charge is 0.270 e. The summed E-state index contributed by atoms with van der Waals surface area (Å²) in [5.41, 5.74) is 6.89. The molecule has 1 fully saturated rings. The molecule has 2 unspecified atom stereocenters. The molecule has 1 saturated heterocycles. The fraction of sp³-hybridized carbons (Fsp3) is 0.667. The number of halogens is 1. The first kappa shape index (κ1) is 38.7. The Kier molecular flexibility index (Phi) is 15.4. The molecule has 1 aliphatic heterocycles. The molecule has 0 saturated carbocycles. The van der Waals surface area contributed by atoms with Crippen molar-refractivity contribution >= 4 is 28.9 Å². The summed E-state index contributed by atoms with van der Waals surface area (Å²) in [4.78, 5) is 49.3. The average molecular weight is 674 g/mol. The van der Waals surface area contributed by atoms with E-state index in [4.69, 9.17) is 5.73 Å². The third-order valence-corrected chi connectivity index (χ3v) is 10.7. The number of nitrogens with zero attached hydrogens (tertiary/aromatic N) is 3. The number of nitrogens with one attached hydrogen (secondary N) is 1. The van der Waals surface area contributed by atoms with E-state index in [1.807, 2.05) is 39.6 Å². The van der Waals surface area contributed by atoms with Gasteiger partial charge in [0.1, 0.15) is 22.6 Å². The topological polar surface area (TPSA) is 129 Å². The molecule has 1 aromatic carbocycles. The normalized spacial score (nSPS) is 18.7. The average Bonchev–Trinajstić information content (AvgIpc) is 3.55. The number of nitrogens with two attached hydrogens (primary N) is 1. The first-order valence-electron chi connectivity index (χ1n) is 17.3. The van der Waals surface area contributed by atoms with E-state index in [0.29, 0.717) is 30.9 Å². The Hall–Kier alpha value is -2.73. The number of rotatable bonds is 18. The van der Waals surface area contributed by atoms with Gasteiger partial charge in [-0.05, 0) is 82.3 Å². The predicted octanol–water partition coefficient (Wildman–Crippen LogP) is 5.37. The number of amides is 2. The number of carbonyl (C=O) groups is 3. The van der Waals surface area contributed by atoms with Gasteiger partial charge in [-0.3, -0.25) is 19.3 Å². The maximum Gasteiger partial charge on any atom is 0.270 e. The molecule has 0 spiro atoms. The van der Waals surface area contributed by atoms with Crippen LogP contribution in [-0.2, 0) is 16.0 Å². The van der Waals surface area contributed by atoms with Crippen LogP contribution in [0.4, 0.5) is 4.39 Å². The SMILES string of the molecule is CC[C@H](C)C(CC(=O)C1CCCCN1C)C(=O)N(CC)[C@H](C[C@@H](O)c1nc(C(=O)N[C@H](CCN)Cc2ccc(F)cc2)cs1)C(C)C. The van der Waals surface area contributed by atoms with E-state index in [1.54, 1.807) is 17.5 Å². The number of aliphatic hydroxyl groups is 1. The quantitative estimate of drug-likeness (QED) is 0.194. The van der Waals surface area contributed by atoms with Crippen molar-refractivity contribution in [2.45, 2.75) is 110 Å². The lowest BCUT2D eigenvalue weighted by atomic mass is 9.82. The van der Waals surface area contributed by atoms with Crippen molar-refractivity contribution in [3.8, 4) is 0 Å². The third kappa shape index (κ3) is 10.9. The zero-order valence-corrected chi connectivity index (χ0v) is 29.9. The maximum absolute atomic E-state index is 14.2. The number of likely N-dealkylation sites (tertiary alicyclic amines) is 1. The molecule has 262 valence electrons. The van der Waals surface area contributed by atoms with Crippen LogP contribution < -0.4 is 11.1 Å². The Bertz CT molecular complexity index is 1290. The molecule has 6 atom stereocenters. The van der Waals surface area contributed by atoms with Crippen LogP contribution in [0.5, 0.6) is 0 Å². The van der Waals surface area contributed by atoms with E-state index in [9.17, 15) is 23.9 Å². The van der Waals surface area contributed by atoms with Gasteiger partial charge in [0.05, 0.1) is 6.04 Å². The van der Waals surface area contributed by atoms with Gasteiger partial charge in [-0.15, -0.1) is 11.3 Å². The summed E-state index contributed by atoms with van der Waals surface area (Å²) in [5.74, 6) is -0.922. The molecule has 0 radical (unpaired) electrons. The summed E-state index contributed by atoms with van der Waals surface area (Å²) < 4.78 is 13.4. The van der Waals surface area contributed by atoms with Gasteiger partial charge in [-0.1, -0.05) is 52.7 Å². The van der Waals surface area contributed by atoms with E-state index in [-0.39, 0.29) is 71.9 Å². The summed E-state index contributed by atoms with van der Waals surface area (Å²) in [7, 11) is 2.00. The molecule has 0 bridgehead atoms. The highest BCUT2D eigenvalue weighted by Crippen LogP contribution is 2.31. The van der Waals surface area contributed by atoms with Gasteiger partial charge >= 0.3 is 0 Å². The molecule has 2 amide bonds. The molecular formula is C36H56FN5O4S. The first-order valence-corrected chi connectivity index (χ1v) is 18.2. The highest BCUT2D eigenvalue weighted by molar-refractivity contribution is 7.09. The van der Waals surface area contributed by atoms with Gasteiger partial charge in [0, 0.05) is 42.8 Å². The molecule has 0 aliphatic carbocycles. The third-order valence-electron chi connectivity index (χ3n) is 9.75. The Morgan fingerprint density at radius 2 is 1.87 bits per heavy atom. The number of benzene rings is 1. The molecule has 2 aromatic rings. The molecule has 3 rings (SSSR count). The second-order valence-corrected chi connectivity index (χ2v) is 14.4. The van der Waals surface area contributed by atoms with Crippen molar-refractivity contribution in [3.63, 3.8) is 0 Å². The van der Waals surface area contributed by atoms with E-state index in [1.165, 1.54) is 23.5 Å². The minimum absolute atomic E-state index is 0.0362. The number of aromatic nitrogens is 1. The number of thiazole rings is 1. The largest absolute Gasteiger partial charge is 0.386 e. The number of carbonyl (C=O) groups excluding carboxylic acids is 3. The van der Waals surface area contributed by atoms with Crippen LogP contribution in [0.25, 0.3) is 0 Å². The first-order chi connectivity index (χ1) is 22.4. The van der Waals surface area contributed by atoms with E-state index < -0.39 is 12.0 Å². The second kappa shape index (κ2) is 18.7. The lowest BCUT2D eigenvalue weighted by Crippen LogP contribution is -2.49. The Balaban J connectivity index is 1.71. The van der Waals surface area contributed by atoms with Crippen LogP contribution in [-0.4, -0.2) is 82.3 Å². The van der Waals surface area contributed by atoms with Gasteiger partial charge in [-0.25, -0.2) is 9.37 Å². The second-order valence-electron chi connectivity index (χ2n) is 13.5. The van der Waals surface area contributed by atoms with Crippen LogP contribution in [0.2, 0.25) is 0 Å². The van der Waals surface area contributed by atoms with Gasteiger partial charge in [0.2, 0.25) is 5.91 Å². The fourth-order valence-electron chi connectivity index (χ4n) is 6.64. The highest BCUT2D eigenvalue weighted by Gasteiger charge is 2.37. The monoisotopic (exact) mass is 673 g/mol. The standard InChI is InChI=1S/C36H56FN5O4S/c1-7-24(5)28(20-32(43)30-11-9-10-18-41(30)6)36(46)42(8-2)31(23(3)4)21-33(44)35-40-29(22-47-35)34(45)39-27(16-17-38)19-25-12-14-26(37)15-13-25/h12-15,22-24,27-28,30-31,33,44H,7-11,16-21,38H2,1-6H3,(H,39,45)/t24-,27+,28?,30?,31+,33+/m0/s1. The van der Waals surface area contributed by atoms with Crippen LogP contribution in [0.15, 0.2) is 29.6 Å². The van der Waals surface area contributed by atoms with E-state index >= 15 is 0 Å². The molecule has 9 nitrogen and oxygen atoms in total. The number of hydrogen-bond donors (Lipinski definition) is 3. The molecule has 47 heavy (non-hydrogen) atoms. The van der Waals surface area contributed by atoms with Crippen molar-refractivity contribution < 1.29 is 23.9 Å². The van der Waals surface area contributed by atoms with Gasteiger partial charge in [0.15, 0.2) is 5.78 Å². The Labute approximate surface area is 284 Å². The lowest BCUT2D eigenvalue weighted by molar-refractivity contribution is -0.144. The summed E-state index contributed by atoms with van der Waals surface area (Å²) in [6, 6.07) is 5.49. The van der Waals surface area contributed by atoms with Crippen molar-refractivity contribution in [2.75, 3.05) is 26.7 Å². The van der Waals surface area contributed by atoms with Crippen molar-refractivity contribution in [3.05, 3.63) is 51.7 Å². The predicted molar refractivity (Wildman–Crippen MR) is 186 cm³/mol. The maximum atomic E-state index is 14.2. The summed E-state index contributed by atoms with van der Waals surface area (Å²) >= 11 is 1.21. The summed E-state index contributed by atoms with van der Waals surface area (Å²) in [6.07, 6.45) is 4.30. The van der Waals surface area contributed by atoms with Gasteiger partial charge in [0.25, 0.3) is 5.91 Å². The summed E-state index contributed by atoms with van der Waals surface area (Å²) in [5, 5.41) is 16.4. The van der Waals surface area contributed by atoms with Crippen LogP contribution in [0.3, 0.4) is 0 Å².